The highest BCUT2D eigenvalue weighted by Gasteiger charge is 2.35. The van der Waals surface area contributed by atoms with Crippen molar-refractivity contribution in [2.75, 3.05) is 4.90 Å². The highest BCUT2D eigenvalue weighted by Crippen LogP contribution is 2.32. The number of anilines is 1. The van der Waals surface area contributed by atoms with E-state index in [9.17, 15) is 9.59 Å². The van der Waals surface area contributed by atoms with E-state index in [2.05, 4.69) is 9.97 Å². The van der Waals surface area contributed by atoms with Crippen LogP contribution in [0.2, 0.25) is 5.15 Å². The quantitative estimate of drug-likeness (QED) is 0.616. The molecule has 0 atom stereocenters. The molecule has 2 aromatic heterocycles. The van der Waals surface area contributed by atoms with Gasteiger partial charge in [0, 0.05) is 23.5 Å². The molecule has 0 bridgehead atoms. The van der Waals surface area contributed by atoms with Gasteiger partial charge in [0.15, 0.2) is 5.82 Å². The molecular weight excluding hydrogens is 382 g/mol. The van der Waals surface area contributed by atoms with Crippen LogP contribution in [0.3, 0.4) is 0 Å². The van der Waals surface area contributed by atoms with Gasteiger partial charge < -0.3 is 9.47 Å². The lowest BCUT2D eigenvalue weighted by Crippen LogP contribution is -2.44. The van der Waals surface area contributed by atoms with Crippen molar-refractivity contribution in [1.29, 1.82) is 0 Å². The molecule has 0 aliphatic carbocycles. The lowest BCUT2D eigenvalue weighted by Gasteiger charge is -2.29. The molecule has 7 nitrogen and oxygen atoms in total. The Hall–Kier alpha value is -2.67. The maximum absolute atomic E-state index is 12.9. The topological polar surface area (TPSA) is 81.6 Å². The van der Waals surface area contributed by atoms with E-state index in [1.54, 1.807) is 78.2 Å². The minimum atomic E-state index is -0.915. The maximum Gasteiger partial charge on any atom is 0.425 e. The van der Waals surface area contributed by atoms with Crippen LogP contribution in [-0.4, -0.2) is 33.4 Å². The minimum Gasteiger partial charge on any atom is -0.443 e. The number of carbonyl (C=O) groups excluding carboxylic acids is 2. The van der Waals surface area contributed by atoms with Gasteiger partial charge in [0.05, 0.1) is 0 Å². The fourth-order valence-corrected chi connectivity index (χ4v) is 2.35. The van der Waals surface area contributed by atoms with Crippen molar-refractivity contribution in [1.82, 2.24) is 9.97 Å². The summed E-state index contributed by atoms with van der Waals surface area (Å²) in [5, 5.41) is 0.111. The standard InChI is InChI=1S/C20H24ClN3O4/c1-19(2,3)27-17(25)24(18(26)28-20(4,5)6)16-14(9-10-15(21)23-16)13-8-7-11-22-12-13/h7-12H,1-6H3. The summed E-state index contributed by atoms with van der Waals surface area (Å²) < 4.78 is 10.8. The number of ether oxygens (including phenoxy) is 2. The molecule has 2 amide bonds. The number of halogens is 1. The van der Waals surface area contributed by atoms with Gasteiger partial charge in [0.1, 0.15) is 16.4 Å². The Balaban J connectivity index is 2.61. The zero-order chi connectivity index (χ0) is 21.1. The average Bonchev–Trinajstić information content (AvgIpc) is 2.52. The van der Waals surface area contributed by atoms with Crippen LogP contribution < -0.4 is 4.90 Å². The minimum absolute atomic E-state index is 0.00370. The third kappa shape index (κ3) is 5.92. The zero-order valence-electron chi connectivity index (χ0n) is 16.8. The van der Waals surface area contributed by atoms with E-state index in [0.29, 0.717) is 11.1 Å². The largest absolute Gasteiger partial charge is 0.443 e. The molecule has 150 valence electrons. The normalized spacial score (nSPS) is 11.7. The summed E-state index contributed by atoms with van der Waals surface area (Å²) >= 11 is 6.07. The summed E-state index contributed by atoms with van der Waals surface area (Å²) in [6, 6.07) is 6.74. The number of amides is 2. The molecule has 0 saturated carbocycles. The van der Waals surface area contributed by atoms with E-state index >= 15 is 0 Å². The fourth-order valence-electron chi connectivity index (χ4n) is 2.21. The number of hydrogen-bond acceptors (Lipinski definition) is 6. The summed E-state index contributed by atoms with van der Waals surface area (Å²) in [5.74, 6) is 0.00370. The Kier molecular flexibility index (Phi) is 6.29. The first kappa shape index (κ1) is 21.6. The number of carbonyl (C=O) groups is 2. The van der Waals surface area contributed by atoms with Crippen LogP contribution in [0.15, 0.2) is 36.7 Å². The van der Waals surface area contributed by atoms with Crippen molar-refractivity contribution in [3.8, 4) is 11.1 Å². The van der Waals surface area contributed by atoms with Crippen LogP contribution in [0, 0.1) is 0 Å². The highest BCUT2D eigenvalue weighted by molar-refractivity contribution is 6.29. The number of rotatable bonds is 2. The van der Waals surface area contributed by atoms with Crippen LogP contribution in [-0.2, 0) is 9.47 Å². The molecule has 28 heavy (non-hydrogen) atoms. The van der Waals surface area contributed by atoms with Gasteiger partial charge in [-0.3, -0.25) is 4.98 Å². The van der Waals surface area contributed by atoms with E-state index in [1.807, 2.05) is 0 Å². The summed E-state index contributed by atoms with van der Waals surface area (Å²) in [6.07, 6.45) is 1.38. The first-order chi connectivity index (χ1) is 12.9. The van der Waals surface area contributed by atoms with Gasteiger partial charge >= 0.3 is 12.2 Å². The molecule has 0 unspecified atom stereocenters. The van der Waals surface area contributed by atoms with Crippen molar-refractivity contribution in [2.24, 2.45) is 0 Å². The number of aromatic nitrogens is 2. The lowest BCUT2D eigenvalue weighted by molar-refractivity contribution is 0.0429. The summed E-state index contributed by atoms with van der Waals surface area (Å²) in [4.78, 5) is 34.8. The third-order valence-corrected chi connectivity index (χ3v) is 3.39. The zero-order valence-corrected chi connectivity index (χ0v) is 17.6. The smallest absolute Gasteiger partial charge is 0.425 e. The van der Waals surface area contributed by atoms with Gasteiger partial charge in [-0.15, -0.1) is 0 Å². The second kappa shape index (κ2) is 8.14. The fraction of sp³-hybridized carbons (Fsp3) is 0.400. The molecular formula is C20H24ClN3O4. The van der Waals surface area contributed by atoms with Crippen LogP contribution in [0.1, 0.15) is 41.5 Å². The van der Waals surface area contributed by atoms with Crippen LogP contribution in [0.4, 0.5) is 15.4 Å². The Morgan fingerprint density at radius 1 is 0.964 bits per heavy atom. The molecule has 8 heteroatoms. The van der Waals surface area contributed by atoms with Gasteiger partial charge in [-0.1, -0.05) is 17.7 Å². The highest BCUT2D eigenvalue weighted by atomic mass is 35.5. The molecule has 0 spiro atoms. The summed E-state index contributed by atoms with van der Waals surface area (Å²) in [6.45, 7) is 10.2. The second-order valence-corrected chi connectivity index (χ2v) is 8.43. The molecule has 0 N–H and O–H groups in total. The van der Waals surface area contributed by atoms with Crippen LogP contribution in [0.5, 0.6) is 0 Å². The third-order valence-electron chi connectivity index (χ3n) is 3.18. The van der Waals surface area contributed by atoms with Crippen molar-refractivity contribution in [3.05, 3.63) is 41.8 Å². The van der Waals surface area contributed by atoms with Gasteiger partial charge in [0.2, 0.25) is 0 Å². The first-order valence-corrected chi connectivity index (χ1v) is 9.08. The Morgan fingerprint density at radius 2 is 1.54 bits per heavy atom. The number of pyridine rings is 2. The van der Waals surface area contributed by atoms with Crippen LogP contribution >= 0.6 is 11.6 Å². The van der Waals surface area contributed by atoms with Gasteiger partial charge in [-0.2, -0.15) is 4.90 Å². The average molecular weight is 406 g/mol. The summed E-state index contributed by atoms with van der Waals surface area (Å²) in [5.41, 5.74) is -0.526. The molecule has 2 aromatic rings. The molecule has 0 aromatic carbocycles. The summed E-state index contributed by atoms with van der Waals surface area (Å²) in [7, 11) is 0. The molecule has 2 heterocycles. The number of hydrogen-bond donors (Lipinski definition) is 0. The lowest BCUT2D eigenvalue weighted by atomic mass is 10.1. The van der Waals surface area contributed by atoms with Gasteiger partial charge in [0.25, 0.3) is 0 Å². The Morgan fingerprint density at radius 3 is 2.00 bits per heavy atom. The van der Waals surface area contributed by atoms with Crippen molar-refractivity contribution in [3.63, 3.8) is 0 Å². The maximum atomic E-state index is 12.9. The Labute approximate surface area is 169 Å². The molecule has 0 saturated heterocycles. The first-order valence-electron chi connectivity index (χ1n) is 8.70. The molecule has 0 radical (unpaired) electrons. The van der Waals surface area contributed by atoms with E-state index in [1.165, 1.54) is 0 Å². The SMILES string of the molecule is CC(C)(C)OC(=O)N(C(=O)OC(C)(C)C)c1nc(Cl)ccc1-c1cccnc1. The molecule has 0 fully saturated rings. The monoisotopic (exact) mass is 405 g/mol. The van der Waals surface area contributed by atoms with Gasteiger partial charge in [-0.05, 0) is 59.7 Å². The van der Waals surface area contributed by atoms with E-state index in [-0.39, 0.29) is 11.0 Å². The van der Waals surface area contributed by atoms with E-state index in [4.69, 9.17) is 21.1 Å². The van der Waals surface area contributed by atoms with Gasteiger partial charge in [-0.25, -0.2) is 14.6 Å². The molecule has 2 rings (SSSR count). The number of nitrogens with zero attached hydrogens (tertiary/aromatic N) is 3. The predicted molar refractivity (Wildman–Crippen MR) is 107 cm³/mol. The van der Waals surface area contributed by atoms with Crippen molar-refractivity contribution in [2.45, 2.75) is 52.7 Å². The predicted octanol–water partition coefficient (Wildman–Crippen LogP) is 5.47. The van der Waals surface area contributed by atoms with E-state index < -0.39 is 23.4 Å². The van der Waals surface area contributed by atoms with Crippen molar-refractivity contribution >= 4 is 29.6 Å². The van der Waals surface area contributed by atoms with Crippen LogP contribution in [0.25, 0.3) is 11.1 Å². The van der Waals surface area contributed by atoms with E-state index in [0.717, 1.165) is 4.90 Å². The van der Waals surface area contributed by atoms with Crippen molar-refractivity contribution < 1.29 is 19.1 Å². The molecule has 0 aliphatic heterocycles. The molecule has 0 aliphatic rings. The second-order valence-electron chi connectivity index (χ2n) is 8.04. The number of imide groups is 1. The Bertz CT molecular complexity index is 830.